The SMILES string of the molecule is CC(Oc1ccc(Cl)cc1Cl)C(=O)N(C)CCC#N. The van der Waals surface area contributed by atoms with Gasteiger partial charge in [-0.15, -0.1) is 0 Å². The first-order chi connectivity index (χ1) is 8.95. The van der Waals surface area contributed by atoms with Crippen LogP contribution < -0.4 is 4.74 Å². The zero-order chi connectivity index (χ0) is 14.4. The lowest BCUT2D eigenvalue weighted by molar-refractivity contribution is -0.136. The summed E-state index contributed by atoms with van der Waals surface area (Å²) in [5, 5.41) is 9.34. The number of carbonyl (C=O) groups is 1. The van der Waals surface area contributed by atoms with E-state index in [0.29, 0.717) is 22.3 Å². The Morgan fingerprint density at radius 3 is 2.79 bits per heavy atom. The van der Waals surface area contributed by atoms with Crippen molar-refractivity contribution < 1.29 is 9.53 Å². The Balaban J connectivity index is 2.66. The Labute approximate surface area is 122 Å². The average Bonchev–Trinajstić information content (AvgIpc) is 2.38. The molecule has 1 atom stereocenters. The van der Waals surface area contributed by atoms with Crippen LogP contribution in [0.3, 0.4) is 0 Å². The zero-order valence-corrected chi connectivity index (χ0v) is 12.2. The van der Waals surface area contributed by atoms with Crippen molar-refractivity contribution in [2.75, 3.05) is 13.6 Å². The summed E-state index contributed by atoms with van der Waals surface area (Å²) >= 11 is 11.7. The molecule has 0 fully saturated rings. The van der Waals surface area contributed by atoms with Gasteiger partial charge >= 0.3 is 0 Å². The highest BCUT2D eigenvalue weighted by Crippen LogP contribution is 2.28. The number of likely N-dealkylation sites (N-methyl/N-ethyl adjacent to an activating group) is 1. The molecular weight excluding hydrogens is 287 g/mol. The number of nitriles is 1. The van der Waals surface area contributed by atoms with Crippen molar-refractivity contribution in [3.63, 3.8) is 0 Å². The van der Waals surface area contributed by atoms with Crippen molar-refractivity contribution in [1.29, 1.82) is 5.26 Å². The second kappa shape index (κ2) is 7.22. The van der Waals surface area contributed by atoms with Crippen LogP contribution in [0.25, 0.3) is 0 Å². The number of rotatable bonds is 5. The molecule has 0 aliphatic rings. The van der Waals surface area contributed by atoms with Crippen LogP contribution in [0.5, 0.6) is 5.75 Å². The Hall–Kier alpha value is -1.44. The third kappa shape index (κ3) is 4.62. The number of ether oxygens (including phenoxy) is 1. The van der Waals surface area contributed by atoms with Crippen LogP contribution in [0, 0.1) is 11.3 Å². The number of amides is 1. The number of hydrogen-bond acceptors (Lipinski definition) is 3. The fourth-order valence-electron chi connectivity index (χ4n) is 1.45. The van der Waals surface area contributed by atoms with Gasteiger partial charge in [0.2, 0.25) is 0 Å². The van der Waals surface area contributed by atoms with Gasteiger partial charge in [0, 0.05) is 18.6 Å². The summed E-state index contributed by atoms with van der Waals surface area (Å²) in [6.45, 7) is 2.01. The fraction of sp³-hybridized carbons (Fsp3) is 0.385. The maximum atomic E-state index is 12.0. The molecule has 4 nitrogen and oxygen atoms in total. The minimum Gasteiger partial charge on any atom is -0.479 e. The Morgan fingerprint density at radius 2 is 2.21 bits per heavy atom. The average molecular weight is 301 g/mol. The molecule has 0 aliphatic heterocycles. The molecule has 0 N–H and O–H groups in total. The maximum absolute atomic E-state index is 12.0. The molecule has 0 spiro atoms. The fourth-order valence-corrected chi connectivity index (χ4v) is 1.90. The standard InChI is InChI=1S/C13H14Cl2N2O2/c1-9(13(18)17(2)7-3-6-16)19-12-5-4-10(14)8-11(12)15/h4-5,8-9H,3,7H2,1-2H3. The lowest BCUT2D eigenvalue weighted by Crippen LogP contribution is -2.38. The summed E-state index contributed by atoms with van der Waals surface area (Å²) in [6.07, 6.45) is -0.390. The quantitative estimate of drug-likeness (QED) is 0.839. The predicted octanol–water partition coefficient (Wildman–Crippen LogP) is 3.13. The molecular formula is C13H14Cl2N2O2. The van der Waals surface area contributed by atoms with E-state index in [0.717, 1.165) is 0 Å². The van der Waals surface area contributed by atoms with E-state index in [9.17, 15) is 4.79 Å². The molecule has 0 aromatic heterocycles. The van der Waals surface area contributed by atoms with Gasteiger partial charge in [0.25, 0.3) is 5.91 Å². The lowest BCUT2D eigenvalue weighted by atomic mass is 10.3. The van der Waals surface area contributed by atoms with Crippen molar-refractivity contribution >= 4 is 29.1 Å². The van der Waals surface area contributed by atoms with E-state index in [1.54, 1.807) is 32.2 Å². The molecule has 0 saturated carbocycles. The second-order valence-corrected chi connectivity index (χ2v) is 4.85. The van der Waals surface area contributed by atoms with Gasteiger partial charge in [-0.1, -0.05) is 23.2 Å². The van der Waals surface area contributed by atoms with Crippen LogP contribution >= 0.6 is 23.2 Å². The third-order valence-electron chi connectivity index (χ3n) is 2.48. The Bertz CT molecular complexity index is 500. The summed E-state index contributed by atoms with van der Waals surface area (Å²) in [4.78, 5) is 13.4. The molecule has 0 aliphatic carbocycles. The summed E-state index contributed by atoms with van der Waals surface area (Å²) in [5.74, 6) is 0.196. The minimum atomic E-state index is -0.678. The summed E-state index contributed by atoms with van der Waals surface area (Å²) in [6, 6.07) is 6.79. The largest absolute Gasteiger partial charge is 0.479 e. The summed E-state index contributed by atoms with van der Waals surface area (Å²) in [5.41, 5.74) is 0. The molecule has 1 unspecified atom stereocenters. The number of benzene rings is 1. The number of nitrogens with zero attached hydrogens (tertiary/aromatic N) is 2. The van der Waals surface area contributed by atoms with E-state index < -0.39 is 6.10 Å². The number of halogens is 2. The van der Waals surface area contributed by atoms with Gasteiger partial charge in [0.1, 0.15) is 5.75 Å². The van der Waals surface area contributed by atoms with Crippen LogP contribution in [0.15, 0.2) is 18.2 Å². The van der Waals surface area contributed by atoms with E-state index in [1.165, 1.54) is 4.90 Å². The zero-order valence-electron chi connectivity index (χ0n) is 10.7. The molecule has 19 heavy (non-hydrogen) atoms. The molecule has 0 heterocycles. The highest BCUT2D eigenvalue weighted by molar-refractivity contribution is 6.35. The normalized spacial score (nSPS) is 11.5. The Kier molecular flexibility index (Phi) is 5.94. The molecule has 6 heteroatoms. The highest BCUT2D eigenvalue weighted by Gasteiger charge is 2.19. The van der Waals surface area contributed by atoms with E-state index in [2.05, 4.69) is 0 Å². The van der Waals surface area contributed by atoms with Crippen LogP contribution in [-0.2, 0) is 4.79 Å². The molecule has 0 saturated heterocycles. The first-order valence-electron chi connectivity index (χ1n) is 5.69. The van der Waals surface area contributed by atoms with Gasteiger partial charge in [-0.2, -0.15) is 5.26 Å². The molecule has 1 aromatic rings. The van der Waals surface area contributed by atoms with Gasteiger partial charge < -0.3 is 9.64 Å². The van der Waals surface area contributed by atoms with Gasteiger partial charge in [-0.25, -0.2) is 0 Å². The smallest absolute Gasteiger partial charge is 0.263 e. The first-order valence-corrected chi connectivity index (χ1v) is 6.45. The molecule has 1 rings (SSSR count). The number of hydrogen-bond donors (Lipinski definition) is 0. The molecule has 1 aromatic carbocycles. The molecule has 102 valence electrons. The second-order valence-electron chi connectivity index (χ2n) is 4.00. The summed E-state index contributed by atoms with van der Waals surface area (Å²) < 4.78 is 5.50. The van der Waals surface area contributed by atoms with E-state index in [-0.39, 0.29) is 12.3 Å². The van der Waals surface area contributed by atoms with Crippen molar-refractivity contribution in [2.45, 2.75) is 19.4 Å². The van der Waals surface area contributed by atoms with Crippen LogP contribution in [-0.4, -0.2) is 30.5 Å². The monoisotopic (exact) mass is 300 g/mol. The topological polar surface area (TPSA) is 53.3 Å². The van der Waals surface area contributed by atoms with Crippen LogP contribution in [0.2, 0.25) is 10.0 Å². The van der Waals surface area contributed by atoms with E-state index in [1.807, 2.05) is 6.07 Å². The van der Waals surface area contributed by atoms with E-state index >= 15 is 0 Å². The Morgan fingerprint density at radius 1 is 1.53 bits per heavy atom. The third-order valence-corrected chi connectivity index (χ3v) is 3.01. The molecule has 0 bridgehead atoms. The maximum Gasteiger partial charge on any atom is 0.263 e. The van der Waals surface area contributed by atoms with Crippen LogP contribution in [0.1, 0.15) is 13.3 Å². The van der Waals surface area contributed by atoms with Gasteiger partial charge in [-0.05, 0) is 25.1 Å². The molecule has 0 radical (unpaired) electrons. The van der Waals surface area contributed by atoms with Crippen molar-refractivity contribution in [1.82, 2.24) is 4.90 Å². The molecule has 1 amide bonds. The minimum absolute atomic E-state index is 0.207. The van der Waals surface area contributed by atoms with Gasteiger partial charge in [0.05, 0.1) is 17.5 Å². The van der Waals surface area contributed by atoms with Gasteiger partial charge in [-0.3, -0.25) is 4.79 Å². The van der Waals surface area contributed by atoms with Crippen LogP contribution in [0.4, 0.5) is 0 Å². The van der Waals surface area contributed by atoms with Crippen molar-refractivity contribution in [3.05, 3.63) is 28.2 Å². The number of carbonyl (C=O) groups excluding carboxylic acids is 1. The van der Waals surface area contributed by atoms with E-state index in [4.69, 9.17) is 33.2 Å². The van der Waals surface area contributed by atoms with Gasteiger partial charge in [0.15, 0.2) is 6.10 Å². The first kappa shape index (κ1) is 15.6. The predicted molar refractivity (Wildman–Crippen MR) is 74.4 cm³/mol. The summed E-state index contributed by atoms with van der Waals surface area (Å²) in [7, 11) is 1.63. The van der Waals surface area contributed by atoms with Crippen molar-refractivity contribution in [2.24, 2.45) is 0 Å². The van der Waals surface area contributed by atoms with Crippen molar-refractivity contribution in [3.8, 4) is 11.8 Å². The highest BCUT2D eigenvalue weighted by atomic mass is 35.5. The lowest BCUT2D eigenvalue weighted by Gasteiger charge is -2.21.